The van der Waals surface area contributed by atoms with Crippen LogP contribution in [0.15, 0.2) is 36.4 Å². The molecule has 1 aromatic heterocycles. The van der Waals surface area contributed by atoms with Gasteiger partial charge in [0.1, 0.15) is 22.9 Å². The first-order valence-electron chi connectivity index (χ1n) is 8.07. The Morgan fingerprint density at radius 1 is 1.28 bits per heavy atom. The van der Waals surface area contributed by atoms with Crippen LogP contribution in [0.3, 0.4) is 0 Å². The third-order valence-electron chi connectivity index (χ3n) is 3.96. The summed E-state index contributed by atoms with van der Waals surface area (Å²) < 4.78 is 24.4. The number of methoxy groups -OCH3 is 1. The highest BCUT2D eigenvalue weighted by atomic mass is 19.1. The van der Waals surface area contributed by atoms with Gasteiger partial charge in [-0.25, -0.2) is 9.37 Å². The molecule has 6 nitrogen and oxygen atoms in total. The van der Waals surface area contributed by atoms with Crippen molar-refractivity contribution in [3.05, 3.63) is 53.5 Å². The number of aromatic nitrogens is 1. The lowest BCUT2D eigenvalue weighted by atomic mass is 10.1. The van der Waals surface area contributed by atoms with Gasteiger partial charge in [-0.3, -0.25) is 9.69 Å². The number of ether oxygens (including phenoxy) is 2. The Kier molecular flexibility index (Phi) is 5.57. The summed E-state index contributed by atoms with van der Waals surface area (Å²) in [6.07, 6.45) is 0. The summed E-state index contributed by atoms with van der Waals surface area (Å²) in [5, 5.41) is 2.64. The predicted octanol–water partition coefficient (Wildman–Crippen LogP) is 2.31. The zero-order chi connectivity index (χ0) is 17.6. The summed E-state index contributed by atoms with van der Waals surface area (Å²) >= 11 is 0. The fourth-order valence-electron chi connectivity index (χ4n) is 2.70. The van der Waals surface area contributed by atoms with Crippen LogP contribution in [0.4, 0.5) is 10.2 Å². The second kappa shape index (κ2) is 8.04. The molecule has 0 saturated carbocycles. The average molecular weight is 345 g/mol. The average Bonchev–Trinajstić information content (AvgIpc) is 2.62. The number of morpholine rings is 1. The van der Waals surface area contributed by atoms with Crippen LogP contribution < -0.4 is 10.1 Å². The molecule has 0 radical (unpaired) electrons. The summed E-state index contributed by atoms with van der Waals surface area (Å²) in [5.74, 6) is -0.671. The first kappa shape index (κ1) is 17.3. The molecule has 7 heteroatoms. The molecule has 0 bridgehead atoms. The second-order valence-electron chi connectivity index (χ2n) is 5.67. The van der Waals surface area contributed by atoms with Crippen LogP contribution in [-0.4, -0.2) is 49.2 Å². The molecule has 132 valence electrons. The number of carbonyl (C=O) groups is 1. The summed E-state index contributed by atoms with van der Waals surface area (Å²) in [6, 6.07) is 9.64. The summed E-state index contributed by atoms with van der Waals surface area (Å²) in [4.78, 5) is 19.1. The van der Waals surface area contributed by atoms with Crippen LogP contribution in [0, 0.1) is 5.82 Å². The van der Waals surface area contributed by atoms with E-state index in [1.165, 1.54) is 19.2 Å². The Labute approximate surface area is 145 Å². The number of pyridine rings is 1. The third kappa shape index (κ3) is 4.32. The largest absolute Gasteiger partial charge is 0.496 e. The normalized spacial score (nSPS) is 15.0. The quantitative estimate of drug-likeness (QED) is 0.901. The van der Waals surface area contributed by atoms with Crippen molar-refractivity contribution in [1.82, 2.24) is 9.88 Å². The van der Waals surface area contributed by atoms with Gasteiger partial charge >= 0.3 is 0 Å². The summed E-state index contributed by atoms with van der Waals surface area (Å²) in [6.45, 7) is 3.80. The maximum Gasteiger partial charge on any atom is 0.263 e. The lowest BCUT2D eigenvalue weighted by Gasteiger charge is -2.26. The number of nitrogens with zero attached hydrogens (tertiary/aromatic N) is 2. The van der Waals surface area contributed by atoms with Gasteiger partial charge in [-0.1, -0.05) is 12.1 Å². The van der Waals surface area contributed by atoms with Gasteiger partial charge in [-0.2, -0.15) is 0 Å². The number of amides is 1. The highest BCUT2D eigenvalue weighted by Crippen LogP contribution is 2.22. The molecule has 1 aromatic carbocycles. The first-order chi connectivity index (χ1) is 12.2. The molecule has 25 heavy (non-hydrogen) atoms. The van der Waals surface area contributed by atoms with E-state index in [9.17, 15) is 9.18 Å². The minimum Gasteiger partial charge on any atom is -0.496 e. The number of nitrogens with one attached hydrogen (secondary N) is 1. The lowest BCUT2D eigenvalue weighted by molar-refractivity contribution is 0.0337. The van der Waals surface area contributed by atoms with Crippen LogP contribution in [-0.2, 0) is 11.3 Å². The fraction of sp³-hybridized carbons (Fsp3) is 0.333. The Balaban J connectivity index is 1.72. The predicted molar refractivity (Wildman–Crippen MR) is 91.2 cm³/mol. The number of halogens is 1. The van der Waals surface area contributed by atoms with E-state index in [0.717, 1.165) is 18.8 Å². The van der Waals surface area contributed by atoms with E-state index in [0.29, 0.717) is 25.6 Å². The van der Waals surface area contributed by atoms with Gasteiger partial charge in [-0.05, 0) is 24.3 Å². The molecular formula is C18H20FN3O3. The zero-order valence-electron chi connectivity index (χ0n) is 14.0. The van der Waals surface area contributed by atoms with E-state index in [1.807, 2.05) is 12.1 Å². The van der Waals surface area contributed by atoms with Crippen LogP contribution in [0.2, 0.25) is 0 Å². The van der Waals surface area contributed by atoms with Crippen LogP contribution in [0.25, 0.3) is 0 Å². The van der Waals surface area contributed by atoms with Crippen LogP contribution >= 0.6 is 0 Å². The molecule has 1 aliphatic heterocycles. The molecule has 3 rings (SSSR count). The minimum atomic E-state index is -0.638. The molecule has 1 N–H and O–H groups in total. The maximum absolute atomic E-state index is 14.0. The van der Waals surface area contributed by atoms with Gasteiger partial charge in [0.15, 0.2) is 0 Å². The van der Waals surface area contributed by atoms with Gasteiger partial charge in [0.05, 0.1) is 26.0 Å². The Morgan fingerprint density at radius 2 is 2.04 bits per heavy atom. The Morgan fingerprint density at radius 3 is 2.80 bits per heavy atom. The number of rotatable bonds is 5. The molecule has 0 unspecified atom stereocenters. The van der Waals surface area contributed by atoms with Gasteiger partial charge < -0.3 is 14.8 Å². The van der Waals surface area contributed by atoms with Crippen molar-refractivity contribution < 1.29 is 18.7 Å². The van der Waals surface area contributed by atoms with Gasteiger partial charge in [-0.15, -0.1) is 0 Å². The van der Waals surface area contributed by atoms with Crippen molar-refractivity contribution in [3.8, 4) is 5.75 Å². The first-order valence-corrected chi connectivity index (χ1v) is 8.07. The van der Waals surface area contributed by atoms with Gasteiger partial charge in [0.2, 0.25) is 0 Å². The number of hydrogen-bond donors (Lipinski definition) is 1. The van der Waals surface area contributed by atoms with Crippen molar-refractivity contribution in [1.29, 1.82) is 0 Å². The maximum atomic E-state index is 14.0. The molecule has 1 fully saturated rings. The number of hydrogen-bond acceptors (Lipinski definition) is 5. The SMILES string of the molecule is COc1cccc(F)c1C(=O)Nc1cccc(CN2CCOCC2)n1. The van der Waals surface area contributed by atoms with Gasteiger partial charge in [0.25, 0.3) is 5.91 Å². The lowest BCUT2D eigenvalue weighted by Crippen LogP contribution is -2.35. The highest BCUT2D eigenvalue weighted by Gasteiger charge is 2.18. The number of benzene rings is 1. The smallest absolute Gasteiger partial charge is 0.263 e. The molecule has 2 aromatic rings. The topological polar surface area (TPSA) is 63.7 Å². The van der Waals surface area contributed by atoms with Crippen molar-refractivity contribution >= 4 is 11.7 Å². The molecule has 1 saturated heterocycles. The Bertz CT molecular complexity index is 748. The molecule has 1 aliphatic rings. The summed E-state index contributed by atoms with van der Waals surface area (Å²) in [5.41, 5.74) is 0.700. The van der Waals surface area contributed by atoms with Crippen LogP contribution in [0.5, 0.6) is 5.75 Å². The monoisotopic (exact) mass is 345 g/mol. The van der Waals surface area contributed by atoms with E-state index in [4.69, 9.17) is 9.47 Å². The number of anilines is 1. The summed E-state index contributed by atoms with van der Waals surface area (Å²) in [7, 11) is 1.40. The fourth-order valence-corrected chi connectivity index (χ4v) is 2.70. The van der Waals surface area contributed by atoms with E-state index >= 15 is 0 Å². The molecule has 1 amide bonds. The third-order valence-corrected chi connectivity index (χ3v) is 3.96. The van der Waals surface area contributed by atoms with Gasteiger partial charge in [0, 0.05) is 19.6 Å². The highest BCUT2D eigenvalue weighted by molar-refractivity contribution is 6.05. The van der Waals surface area contributed by atoms with E-state index in [1.54, 1.807) is 12.1 Å². The molecule has 0 atom stereocenters. The van der Waals surface area contributed by atoms with Crippen molar-refractivity contribution in [2.75, 3.05) is 38.7 Å². The zero-order valence-corrected chi connectivity index (χ0v) is 14.0. The minimum absolute atomic E-state index is 0.134. The van der Waals surface area contributed by atoms with Crippen molar-refractivity contribution in [3.63, 3.8) is 0 Å². The molecular weight excluding hydrogens is 325 g/mol. The van der Waals surface area contributed by atoms with E-state index in [2.05, 4.69) is 15.2 Å². The molecule has 2 heterocycles. The number of carbonyl (C=O) groups excluding carboxylic acids is 1. The standard InChI is InChI=1S/C18H20FN3O3/c1-24-15-6-3-5-14(19)17(15)18(23)21-16-7-2-4-13(20-16)12-22-8-10-25-11-9-22/h2-7H,8-12H2,1H3,(H,20,21,23). The Hall–Kier alpha value is -2.51. The second-order valence-corrected chi connectivity index (χ2v) is 5.67. The van der Waals surface area contributed by atoms with Crippen LogP contribution in [0.1, 0.15) is 16.1 Å². The molecule has 0 aliphatic carbocycles. The van der Waals surface area contributed by atoms with E-state index < -0.39 is 11.7 Å². The van der Waals surface area contributed by atoms with E-state index in [-0.39, 0.29) is 11.3 Å². The van der Waals surface area contributed by atoms with Crippen molar-refractivity contribution in [2.45, 2.75) is 6.54 Å². The molecule has 0 spiro atoms. The van der Waals surface area contributed by atoms with Crippen molar-refractivity contribution in [2.24, 2.45) is 0 Å².